The largest absolute Gasteiger partial charge is 0.286 e. The number of nitrogens with zero attached hydrogens (tertiary/aromatic N) is 1. The lowest BCUT2D eigenvalue weighted by Gasteiger charge is -2.14. The maximum Gasteiger partial charge on any atom is 0.245 e. The summed E-state index contributed by atoms with van der Waals surface area (Å²) >= 11 is 0. The van der Waals surface area contributed by atoms with Gasteiger partial charge < -0.3 is 0 Å². The lowest BCUT2D eigenvalue weighted by Crippen LogP contribution is -2.28. The second kappa shape index (κ2) is 9.00. The second-order valence-corrected chi connectivity index (χ2v) is 3.68. The molecule has 84 valence electrons. The van der Waals surface area contributed by atoms with Gasteiger partial charge in [0.15, 0.2) is 0 Å². The molecular formula is C11H23NO2. The molecule has 0 saturated heterocycles. The molecule has 3 nitrogen and oxygen atoms in total. The molecule has 1 amide bonds. The Bertz CT molecular complexity index is 148. The molecule has 0 aliphatic rings. The molecule has 1 N–H and O–H groups in total. The van der Waals surface area contributed by atoms with Gasteiger partial charge in [-0.05, 0) is 12.8 Å². The van der Waals surface area contributed by atoms with Gasteiger partial charge in [0.2, 0.25) is 5.91 Å². The summed E-state index contributed by atoms with van der Waals surface area (Å²) < 4.78 is 0. The van der Waals surface area contributed by atoms with Crippen molar-refractivity contribution < 1.29 is 10.0 Å². The fraction of sp³-hybridized carbons (Fsp3) is 0.909. The first-order valence-electron chi connectivity index (χ1n) is 5.71. The van der Waals surface area contributed by atoms with Crippen molar-refractivity contribution in [3.05, 3.63) is 0 Å². The van der Waals surface area contributed by atoms with Crippen molar-refractivity contribution in [3.63, 3.8) is 0 Å². The van der Waals surface area contributed by atoms with E-state index in [1.807, 2.05) is 6.92 Å². The van der Waals surface area contributed by atoms with Crippen LogP contribution in [0.2, 0.25) is 0 Å². The minimum absolute atomic E-state index is 0.136. The molecule has 0 aromatic rings. The third-order valence-corrected chi connectivity index (χ3v) is 2.26. The molecule has 0 unspecified atom stereocenters. The quantitative estimate of drug-likeness (QED) is 0.372. The van der Waals surface area contributed by atoms with Crippen molar-refractivity contribution in [2.45, 2.75) is 58.8 Å². The van der Waals surface area contributed by atoms with Crippen molar-refractivity contribution >= 4 is 5.91 Å². The Kier molecular flexibility index (Phi) is 8.64. The van der Waals surface area contributed by atoms with Gasteiger partial charge in [-0.2, -0.15) is 0 Å². The number of hydroxylamine groups is 2. The van der Waals surface area contributed by atoms with E-state index < -0.39 is 0 Å². The first-order chi connectivity index (χ1) is 6.72. The van der Waals surface area contributed by atoms with Crippen LogP contribution in [-0.2, 0) is 4.79 Å². The van der Waals surface area contributed by atoms with Gasteiger partial charge in [0.1, 0.15) is 0 Å². The SMILES string of the molecule is CCCCCCN(O)C(=O)CCCC. The Labute approximate surface area is 87.1 Å². The standard InChI is InChI=1S/C11H23NO2/c1-3-5-7-8-10-12(14)11(13)9-6-4-2/h14H,3-10H2,1-2H3. The number of carbonyl (C=O) groups is 1. The molecule has 3 heteroatoms. The highest BCUT2D eigenvalue weighted by atomic mass is 16.5. The highest BCUT2D eigenvalue weighted by Gasteiger charge is 2.08. The number of hydrogen-bond donors (Lipinski definition) is 1. The number of rotatable bonds is 8. The van der Waals surface area contributed by atoms with E-state index in [4.69, 9.17) is 0 Å². The third-order valence-electron chi connectivity index (χ3n) is 2.26. The summed E-state index contributed by atoms with van der Waals surface area (Å²) in [5.41, 5.74) is 0. The zero-order chi connectivity index (χ0) is 10.8. The number of amides is 1. The predicted octanol–water partition coefficient (Wildman–Crippen LogP) is 2.97. The van der Waals surface area contributed by atoms with Crippen LogP contribution in [0.5, 0.6) is 0 Å². The maximum atomic E-state index is 11.2. The van der Waals surface area contributed by atoms with E-state index in [-0.39, 0.29) is 5.91 Å². The minimum Gasteiger partial charge on any atom is -0.286 e. The van der Waals surface area contributed by atoms with Crippen LogP contribution in [0, 0.1) is 0 Å². The van der Waals surface area contributed by atoms with Gasteiger partial charge in [0, 0.05) is 13.0 Å². The Morgan fingerprint density at radius 3 is 2.29 bits per heavy atom. The fourth-order valence-corrected chi connectivity index (χ4v) is 1.27. The van der Waals surface area contributed by atoms with E-state index in [1.54, 1.807) is 0 Å². The predicted molar refractivity (Wildman–Crippen MR) is 57.2 cm³/mol. The van der Waals surface area contributed by atoms with Crippen molar-refractivity contribution in [2.24, 2.45) is 0 Å². The third kappa shape index (κ3) is 6.89. The molecule has 14 heavy (non-hydrogen) atoms. The molecule has 0 bridgehead atoms. The van der Waals surface area contributed by atoms with Gasteiger partial charge in [0.05, 0.1) is 0 Å². The lowest BCUT2D eigenvalue weighted by atomic mass is 10.2. The number of hydrogen-bond acceptors (Lipinski definition) is 2. The highest BCUT2D eigenvalue weighted by molar-refractivity contribution is 5.74. The zero-order valence-electron chi connectivity index (χ0n) is 9.46. The number of carbonyl (C=O) groups excluding carboxylic acids is 1. The van der Waals surface area contributed by atoms with E-state index in [1.165, 1.54) is 12.8 Å². The molecule has 0 fully saturated rings. The van der Waals surface area contributed by atoms with Crippen LogP contribution in [0.25, 0.3) is 0 Å². The number of unbranched alkanes of at least 4 members (excludes halogenated alkanes) is 4. The summed E-state index contributed by atoms with van der Waals surface area (Å²) in [6.07, 6.45) is 6.68. The average Bonchev–Trinajstić information content (AvgIpc) is 2.20. The Morgan fingerprint density at radius 2 is 1.71 bits per heavy atom. The Balaban J connectivity index is 3.42. The summed E-state index contributed by atoms with van der Waals surface area (Å²) in [4.78, 5) is 11.2. The summed E-state index contributed by atoms with van der Waals surface area (Å²) in [5.74, 6) is -0.136. The van der Waals surface area contributed by atoms with Crippen LogP contribution < -0.4 is 0 Å². The smallest absolute Gasteiger partial charge is 0.245 e. The molecule has 0 aromatic heterocycles. The summed E-state index contributed by atoms with van der Waals surface area (Å²) in [5, 5.41) is 10.2. The van der Waals surface area contributed by atoms with Gasteiger partial charge in [0.25, 0.3) is 0 Å². The molecule has 0 aromatic carbocycles. The van der Waals surface area contributed by atoms with E-state index in [2.05, 4.69) is 6.92 Å². The molecule has 0 radical (unpaired) electrons. The van der Waals surface area contributed by atoms with Crippen LogP contribution in [0.3, 0.4) is 0 Å². The van der Waals surface area contributed by atoms with Crippen LogP contribution >= 0.6 is 0 Å². The van der Waals surface area contributed by atoms with Gasteiger partial charge in [-0.25, -0.2) is 5.06 Å². The molecule has 0 aliphatic heterocycles. The maximum absolute atomic E-state index is 11.2. The van der Waals surface area contributed by atoms with E-state index >= 15 is 0 Å². The fourth-order valence-electron chi connectivity index (χ4n) is 1.27. The summed E-state index contributed by atoms with van der Waals surface area (Å²) in [7, 11) is 0. The van der Waals surface area contributed by atoms with Gasteiger partial charge >= 0.3 is 0 Å². The first kappa shape index (κ1) is 13.4. The van der Waals surface area contributed by atoms with E-state index in [0.29, 0.717) is 13.0 Å². The van der Waals surface area contributed by atoms with Gasteiger partial charge in [-0.15, -0.1) is 0 Å². The van der Waals surface area contributed by atoms with Crippen LogP contribution in [-0.4, -0.2) is 22.7 Å². The minimum atomic E-state index is -0.136. The molecule has 0 spiro atoms. The highest BCUT2D eigenvalue weighted by Crippen LogP contribution is 2.03. The topological polar surface area (TPSA) is 40.5 Å². The van der Waals surface area contributed by atoms with Crippen LogP contribution in [0.4, 0.5) is 0 Å². The molecule has 0 atom stereocenters. The van der Waals surface area contributed by atoms with Gasteiger partial charge in [-0.3, -0.25) is 10.0 Å². The van der Waals surface area contributed by atoms with Crippen molar-refractivity contribution in [2.75, 3.05) is 6.54 Å². The second-order valence-electron chi connectivity index (χ2n) is 3.68. The lowest BCUT2D eigenvalue weighted by molar-refractivity contribution is -0.165. The normalized spacial score (nSPS) is 10.2. The average molecular weight is 201 g/mol. The Morgan fingerprint density at radius 1 is 1.07 bits per heavy atom. The van der Waals surface area contributed by atoms with Crippen molar-refractivity contribution in [1.29, 1.82) is 0 Å². The van der Waals surface area contributed by atoms with Crippen LogP contribution in [0.15, 0.2) is 0 Å². The van der Waals surface area contributed by atoms with Crippen molar-refractivity contribution in [3.8, 4) is 0 Å². The van der Waals surface area contributed by atoms with Crippen molar-refractivity contribution in [1.82, 2.24) is 5.06 Å². The van der Waals surface area contributed by atoms with E-state index in [0.717, 1.165) is 30.7 Å². The monoisotopic (exact) mass is 201 g/mol. The molecule has 0 saturated carbocycles. The molecule has 0 heterocycles. The van der Waals surface area contributed by atoms with Gasteiger partial charge in [-0.1, -0.05) is 39.5 Å². The van der Waals surface area contributed by atoms with E-state index in [9.17, 15) is 10.0 Å². The Hall–Kier alpha value is -0.570. The molecule has 0 aliphatic carbocycles. The first-order valence-corrected chi connectivity index (χ1v) is 5.71. The molecule has 0 rings (SSSR count). The zero-order valence-corrected chi connectivity index (χ0v) is 9.46. The molecular weight excluding hydrogens is 178 g/mol. The summed E-state index contributed by atoms with van der Waals surface area (Å²) in [6.45, 7) is 4.67. The summed E-state index contributed by atoms with van der Waals surface area (Å²) in [6, 6.07) is 0. The van der Waals surface area contributed by atoms with Crippen LogP contribution in [0.1, 0.15) is 58.8 Å².